The average Bonchev–Trinajstić information content (AvgIpc) is 2.54. The molecule has 1 unspecified atom stereocenters. The van der Waals surface area contributed by atoms with Crippen molar-refractivity contribution in [2.45, 2.75) is 12.2 Å². The lowest BCUT2D eigenvalue weighted by molar-refractivity contribution is 0.588. The molecule has 0 spiro atoms. The highest BCUT2D eigenvalue weighted by molar-refractivity contribution is 7.89. The van der Waals surface area contributed by atoms with Gasteiger partial charge in [-0.2, -0.15) is 5.10 Å². The first-order chi connectivity index (χ1) is 10.9. The number of rotatable bonds is 3. The third-order valence-corrected chi connectivity index (χ3v) is 5.10. The minimum absolute atomic E-state index is 0.246. The van der Waals surface area contributed by atoms with Crippen LogP contribution in [0.2, 0.25) is 0 Å². The highest BCUT2D eigenvalue weighted by Gasteiger charge is 2.18. The van der Waals surface area contributed by atoms with Crippen molar-refractivity contribution in [3.63, 3.8) is 0 Å². The van der Waals surface area contributed by atoms with Crippen LogP contribution in [0, 0.1) is 0 Å². The summed E-state index contributed by atoms with van der Waals surface area (Å²) in [5.74, 6) is 0. The van der Waals surface area contributed by atoms with Crippen molar-refractivity contribution in [3.05, 3.63) is 64.4 Å². The van der Waals surface area contributed by atoms with Crippen LogP contribution in [0.4, 0.5) is 0 Å². The SMILES string of the molecule is CC(c1ccc(-c2n[nH]c(=O)c3ccccc23)cc1)S(N)(=O)=O. The number of primary sulfonamides is 1. The largest absolute Gasteiger partial charge is 0.272 e. The van der Waals surface area contributed by atoms with Crippen LogP contribution in [0.25, 0.3) is 22.0 Å². The van der Waals surface area contributed by atoms with Gasteiger partial charge in [0.05, 0.1) is 16.3 Å². The average molecular weight is 329 g/mol. The second-order valence-electron chi connectivity index (χ2n) is 5.30. The normalized spacial score (nSPS) is 13.1. The number of hydrogen-bond acceptors (Lipinski definition) is 4. The molecule has 0 aliphatic heterocycles. The molecule has 0 aliphatic rings. The maximum atomic E-state index is 11.8. The first-order valence-corrected chi connectivity index (χ1v) is 8.58. The molecule has 0 fully saturated rings. The van der Waals surface area contributed by atoms with Crippen molar-refractivity contribution < 1.29 is 8.42 Å². The summed E-state index contributed by atoms with van der Waals surface area (Å²) in [6, 6.07) is 14.1. The van der Waals surface area contributed by atoms with Crippen molar-refractivity contribution >= 4 is 20.8 Å². The minimum atomic E-state index is -3.64. The van der Waals surface area contributed by atoms with E-state index in [1.165, 1.54) is 6.92 Å². The molecule has 6 nitrogen and oxygen atoms in total. The monoisotopic (exact) mass is 329 g/mol. The number of sulfonamides is 1. The van der Waals surface area contributed by atoms with Crippen molar-refractivity contribution in [2.24, 2.45) is 5.14 Å². The topological polar surface area (TPSA) is 106 Å². The van der Waals surface area contributed by atoms with Crippen LogP contribution in [0.3, 0.4) is 0 Å². The van der Waals surface area contributed by atoms with Gasteiger partial charge in [-0.05, 0) is 18.6 Å². The minimum Gasteiger partial charge on any atom is -0.267 e. The van der Waals surface area contributed by atoms with E-state index in [0.717, 1.165) is 10.9 Å². The number of hydrogen-bond donors (Lipinski definition) is 2. The predicted octanol–water partition coefficient (Wildman–Crippen LogP) is 1.94. The van der Waals surface area contributed by atoms with Crippen LogP contribution in [0.1, 0.15) is 17.7 Å². The Kier molecular flexibility index (Phi) is 3.75. The van der Waals surface area contributed by atoms with Crippen LogP contribution in [-0.4, -0.2) is 18.6 Å². The van der Waals surface area contributed by atoms with Gasteiger partial charge in [-0.3, -0.25) is 4.79 Å². The molecule has 23 heavy (non-hydrogen) atoms. The number of fused-ring (bicyclic) bond motifs is 1. The highest BCUT2D eigenvalue weighted by Crippen LogP contribution is 2.26. The fourth-order valence-corrected chi connectivity index (χ4v) is 2.97. The van der Waals surface area contributed by atoms with Gasteiger partial charge in [-0.15, -0.1) is 0 Å². The number of aromatic amines is 1. The third-order valence-electron chi connectivity index (χ3n) is 3.84. The Morgan fingerprint density at radius 2 is 1.65 bits per heavy atom. The molecule has 3 rings (SSSR count). The molecule has 0 bridgehead atoms. The summed E-state index contributed by atoms with van der Waals surface area (Å²) < 4.78 is 22.8. The van der Waals surface area contributed by atoms with Crippen molar-refractivity contribution in [1.29, 1.82) is 0 Å². The Morgan fingerprint density at radius 1 is 1.04 bits per heavy atom. The molecule has 0 amide bonds. The van der Waals surface area contributed by atoms with Crippen LogP contribution in [0.5, 0.6) is 0 Å². The zero-order valence-corrected chi connectivity index (χ0v) is 13.2. The molecule has 0 saturated carbocycles. The van der Waals surface area contributed by atoms with E-state index >= 15 is 0 Å². The Balaban J connectivity index is 2.11. The van der Waals surface area contributed by atoms with Gasteiger partial charge in [-0.1, -0.05) is 42.5 Å². The van der Waals surface area contributed by atoms with E-state index < -0.39 is 15.3 Å². The Hall–Kier alpha value is -2.51. The lowest BCUT2D eigenvalue weighted by Crippen LogP contribution is -2.19. The summed E-state index contributed by atoms with van der Waals surface area (Å²) in [7, 11) is -3.64. The van der Waals surface area contributed by atoms with Gasteiger partial charge in [0.1, 0.15) is 0 Å². The van der Waals surface area contributed by atoms with Crippen LogP contribution >= 0.6 is 0 Å². The summed E-state index contributed by atoms with van der Waals surface area (Å²) >= 11 is 0. The molecule has 1 atom stereocenters. The van der Waals surface area contributed by atoms with Crippen molar-refractivity contribution in [1.82, 2.24) is 10.2 Å². The van der Waals surface area contributed by atoms with Gasteiger partial charge >= 0.3 is 0 Å². The lowest BCUT2D eigenvalue weighted by atomic mass is 10.0. The summed E-state index contributed by atoms with van der Waals surface area (Å²) in [5.41, 5.74) is 1.77. The number of aromatic nitrogens is 2. The van der Waals surface area contributed by atoms with E-state index in [4.69, 9.17) is 5.14 Å². The molecule has 2 aromatic carbocycles. The number of nitrogens with one attached hydrogen (secondary N) is 1. The molecule has 0 saturated heterocycles. The molecule has 3 aromatic rings. The smallest absolute Gasteiger partial charge is 0.267 e. The van der Waals surface area contributed by atoms with Crippen molar-refractivity contribution in [3.8, 4) is 11.3 Å². The van der Waals surface area contributed by atoms with E-state index in [9.17, 15) is 13.2 Å². The second-order valence-corrected chi connectivity index (χ2v) is 7.19. The Morgan fingerprint density at radius 3 is 2.26 bits per heavy atom. The van der Waals surface area contributed by atoms with E-state index in [1.54, 1.807) is 36.4 Å². The van der Waals surface area contributed by atoms with Gasteiger partial charge in [0.25, 0.3) is 5.56 Å². The maximum Gasteiger partial charge on any atom is 0.272 e. The Bertz CT molecular complexity index is 1020. The van der Waals surface area contributed by atoms with Crippen molar-refractivity contribution in [2.75, 3.05) is 0 Å². The molecular formula is C16H15N3O3S. The molecule has 118 valence electrons. The van der Waals surface area contributed by atoms with E-state index in [2.05, 4.69) is 10.2 Å². The van der Waals surface area contributed by atoms with Crippen LogP contribution in [0.15, 0.2) is 53.3 Å². The third kappa shape index (κ3) is 2.88. The van der Waals surface area contributed by atoms with Gasteiger partial charge in [0, 0.05) is 10.9 Å². The summed E-state index contributed by atoms with van der Waals surface area (Å²) in [6.07, 6.45) is 0. The fraction of sp³-hybridized carbons (Fsp3) is 0.125. The summed E-state index contributed by atoms with van der Waals surface area (Å²) in [5, 5.41) is 12.3. The lowest BCUT2D eigenvalue weighted by Gasteiger charge is -2.10. The molecular weight excluding hydrogens is 314 g/mol. The van der Waals surface area contributed by atoms with E-state index in [0.29, 0.717) is 16.6 Å². The number of nitrogens with two attached hydrogens (primary N) is 1. The number of nitrogens with zero attached hydrogens (tertiary/aromatic N) is 1. The quantitative estimate of drug-likeness (QED) is 0.766. The zero-order chi connectivity index (χ0) is 16.6. The summed E-state index contributed by atoms with van der Waals surface area (Å²) in [6.45, 7) is 1.54. The van der Waals surface area contributed by atoms with E-state index in [-0.39, 0.29) is 5.56 Å². The molecule has 1 heterocycles. The first-order valence-electron chi connectivity index (χ1n) is 6.97. The maximum absolute atomic E-state index is 11.8. The van der Waals surface area contributed by atoms with E-state index in [1.807, 2.05) is 12.1 Å². The summed E-state index contributed by atoms with van der Waals surface area (Å²) in [4.78, 5) is 11.8. The molecule has 0 aliphatic carbocycles. The van der Waals surface area contributed by atoms with Crippen LogP contribution in [-0.2, 0) is 10.0 Å². The zero-order valence-electron chi connectivity index (χ0n) is 12.4. The van der Waals surface area contributed by atoms with Gasteiger partial charge in [0.2, 0.25) is 10.0 Å². The van der Waals surface area contributed by atoms with Gasteiger partial charge < -0.3 is 0 Å². The second kappa shape index (κ2) is 5.60. The van der Waals surface area contributed by atoms with Gasteiger partial charge in [0.15, 0.2) is 0 Å². The number of H-pyrrole nitrogens is 1. The van der Waals surface area contributed by atoms with Gasteiger partial charge in [-0.25, -0.2) is 18.7 Å². The predicted molar refractivity (Wildman–Crippen MR) is 89.3 cm³/mol. The Labute approximate surface area is 133 Å². The highest BCUT2D eigenvalue weighted by atomic mass is 32.2. The fourth-order valence-electron chi connectivity index (χ4n) is 2.44. The first kappa shape index (κ1) is 15.4. The van der Waals surface area contributed by atoms with Crippen LogP contribution < -0.4 is 10.7 Å². The number of benzene rings is 2. The molecule has 3 N–H and O–H groups in total. The standard InChI is InChI=1S/C16H15N3O3S/c1-10(23(17,21)22)11-6-8-12(9-7-11)15-13-4-2-3-5-14(13)16(20)19-18-15/h2-10H,1H3,(H,19,20)(H2,17,21,22). The molecule has 1 aromatic heterocycles. The molecule has 7 heteroatoms. The molecule has 0 radical (unpaired) electrons.